The summed E-state index contributed by atoms with van der Waals surface area (Å²) < 4.78 is 1.39. The normalized spacial score (nSPS) is 11.1. The number of fused-ring (bicyclic) bond motifs is 1. The fraction of sp³-hybridized carbons (Fsp3) is 0.333. The maximum absolute atomic E-state index is 5.59. The van der Waals surface area contributed by atoms with Gasteiger partial charge < -0.3 is 5.73 Å². The van der Waals surface area contributed by atoms with Crippen LogP contribution >= 0.6 is 11.3 Å². The molecule has 0 bridgehead atoms. The highest BCUT2D eigenvalue weighted by Gasteiger charge is 2.06. The maximum atomic E-state index is 5.59. The van der Waals surface area contributed by atoms with E-state index in [-0.39, 0.29) is 0 Å². The highest BCUT2D eigenvalue weighted by molar-refractivity contribution is 7.19. The molecule has 0 radical (unpaired) electrons. The van der Waals surface area contributed by atoms with Gasteiger partial charge in [-0.05, 0) is 49.4 Å². The van der Waals surface area contributed by atoms with Crippen molar-refractivity contribution in [1.82, 2.24) is 0 Å². The number of rotatable bonds is 2. The Morgan fingerprint density at radius 2 is 2.07 bits per heavy atom. The summed E-state index contributed by atoms with van der Waals surface area (Å²) in [6.45, 7) is 5.07. The highest BCUT2D eigenvalue weighted by Crippen LogP contribution is 2.31. The molecular weight excluding hydrogens is 190 g/mol. The van der Waals surface area contributed by atoms with Crippen LogP contribution in [0.4, 0.5) is 0 Å². The molecule has 0 aliphatic rings. The molecule has 14 heavy (non-hydrogen) atoms. The lowest BCUT2D eigenvalue weighted by atomic mass is 10.1. The van der Waals surface area contributed by atoms with Gasteiger partial charge in [0.2, 0.25) is 0 Å². The standard InChI is InChI=1S/C12H15NS/c1-8-3-4-10-9(2)11(5-6-13)14-12(10)7-8/h3-4,7H,5-6,13H2,1-2H3. The van der Waals surface area contributed by atoms with Crippen LogP contribution in [0.25, 0.3) is 10.1 Å². The molecule has 74 valence electrons. The Bertz CT molecular complexity index is 457. The van der Waals surface area contributed by atoms with Gasteiger partial charge in [-0.25, -0.2) is 0 Å². The molecule has 1 heterocycles. The second-order valence-electron chi connectivity index (χ2n) is 3.69. The first-order valence-corrected chi connectivity index (χ1v) is 5.72. The number of aryl methyl sites for hydroxylation is 2. The van der Waals surface area contributed by atoms with Crippen molar-refractivity contribution < 1.29 is 0 Å². The Labute approximate surface area is 88.6 Å². The summed E-state index contributed by atoms with van der Waals surface area (Å²) in [6.07, 6.45) is 1.00. The first-order chi connectivity index (χ1) is 6.72. The summed E-state index contributed by atoms with van der Waals surface area (Å²) >= 11 is 1.88. The molecule has 0 atom stereocenters. The Balaban J connectivity index is 2.61. The third kappa shape index (κ3) is 1.56. The molecule has 0 aliphatic carbocycles. The van der Waals surface area contributed by atoms with Crippen LogP contribution in [0.1, 0.15) is 16.0 Å². The predicted octanol–water partition coefficient (Wildman–Crippen LogP) is 3.02. The zero-order valence-electron chi connectivity index (χ0n) is 8.63. The molecule has 2 rings (SSSR count). The SMILES string of the molecule is Cc1ccc2c(C)c(CCN)sc2c1. The fourth-order valence-electron chi connectivity index (χ4n) is 1.75. The lowest BCUT2D eigenvalue weighted by Crippen LogP contribution is -2.01. The van der Waals surface area contributed by atoms with Gasteiger partial charge in [-0.1, -0.05) is 12.1 Å². The van der Waals surface area contributed by atoms with Crippen molar-refractivity contribution in [2.75, 3.05) is 6.54 Å². The van der Waals surface area contributed by atoms with Crippen LogP contribution in [-0.2, 0) is 6.42 Å². The maximum Gasteiger partial charge on any atom is 0.0351 e. The van der Waals surface area contributed by atoms with E-state index in [1.807, 2.05) is 11.3 Å². The van der Waals surface area contributed by atoms with Crippen LogP contribution in [0, 0.1) is 13.8 Å². The average molecular weight is 205 g/mol. The molecule has 0 fully saturated rings. The first-order valence-electron chi connectivity index (χ1n) is 4.91. The van der Waals surface area contributed by atoms with E-state index in [9.17, 15) is 0 Å². The molecule has 1 aromatic carbocycles. The smallest absolute Gasteiger partial charge is 0.0351 e. The summed E-state index contributed by atoms with van der Waals surface area (Å²) in [4.78, 5) is 1.44. The van der Waals surface area contributed by atoms with Gasteiger partial charge in [-0.15, -0.1) is 11.3 Å². The summed E-state index contributed by atoms with van der Waals surface area (Å²) in [5, 5.41) is 1.39. The minimum absolute atomic E-state index is 0.743. The number of hydrogen-bond acceptors (Lipinski definition) is 2. The highest BCUT2D eigenvalue weighted by atomic mass is 32.1. The fourth-order valence-corrected chi connectivity index (χ4v) is 3.08. The molecule has 1 nitrogen and oxygen atoms in total. The van der Waals surface area contributed by atoms with Gasteiger partial charge in [0.05, 0.1) is 0 Å². The van der Waals surface area contributed by atoms with E-state index in [0.29, 0.717) is 0 Å². The summed E-state index contributed by atoms with van der Waals surface area (Å²) in [5.74, 6) is 0. The zero-order valence-corrected chi connectivity index (χ0v) is 9.45. The van der Waals surface area contributed by atoms with E-state index < -0.39 is 0 Å². The quantitative estimate of drug-likeness (QED) is 0.801. The van der Waals surface area contributed by atoms with Crippen LogP contribution in [0.3, 0.4) is 0 Å². The second kappa shape index (κ2) is 3.71. The summed E-state index contributed by atoms with van der Waals surface area (Å²) in [6, 6.07) is 6.65. The van der Waals surface area contributed by atoms with E-state index in [1.54, 1.807) is 0 Å². The summed E-state index contributed by atoms with van der Waals surface area (Å²) in [7, 11) is 0. The largest absolute Gasteiger partial charge is 0.330 e. The number of hydrogen-bond donors (Lipinski definition) is 1. The number of nitrogens with two attached hydrogens (primary N) is 1. The summed E-state index contributed by atoms with van der Waals surface area (Å²) in [5.41, 5.74) is 8.33. The number of benzene rings is 1. The van der Waals surface area contributed by atoms with E-state index in [1.165, 1.54) is 26.1 Å². The van der Waals surface area contributed by atoms with Crippen molar-refractivity contribution >= 4 is 21.4 Å². The minimum Gasteiger partial charge on any atom is -0.330 e. The first kappa shape index (κ1) is 9.69. The zero-order chi connectivity index (χ0) is 10.1. The van der Waals surface area contributed by atoms with Crippen LogP contribution in [0.2, 0.25) is 0 Å². The predicted molar refractivity (Wildman–Crippen MR) is 64.1 cm³/mol. The molecule has 2 heteroatoms. The van der Waals surface area contributed by atoms with Gasteiger partial charge in [0.15, 0.2) is 0 Å². The van der Waals surface area contributed by atoms with Crippen molar-refractivity contribution in [3.63, 3.8) is 0 Å². The topological polar surface area (TPSA) is 26.0 Å². The van der Waals surface area contributed by atoms with Crippen molar-refractivity contribution in [3.8, 4) is 0 Å². The number of thiophene rings is 1. The van der Waals surface area contributed by atoms with Crippen molar-refractivity contribution in [2.24, 2.45) is 5.73 Å². The lowest BCUT2D eigenvalue weighted by molar-refractivity contribution is 0.981. The Morgan fingerprint density at radius 3 is 2.79 bits per heavy atom. The Kier molecular flexibility index (Phi) is 2.57. The molecular formula is C12H15NS. The van der Waals surface area contributed by atoms with Gasteiger partial charge in [-0.2, -0.15) is 0 Å². The van der Waals surface area contributed by atoms with Crippen LogP contribution in [0.15, 0.2) is 18.2 Å². The van der Waals surface area contributed by atoms with Crippen molar-refractivity contribution in [2.45, 2.75) is 20.3 Å². The molecule has 1 aromatic heterocycles. The van der Waals surface area contributed by atoms with Crippen molar-refractivity contribution in [3.05, 3.63) is 34.2 Å². The molecule has 0 spiro atoms. The minimum atomic E-state index is 0.743. The monoisotopic (exact) mass is 205 g/mol. The third-order valence-corrected chi connectivity index (χ3v) is 3.88. The van der Waals surface area contributed by atoms with E-state index in [2.05, 4.69) is 32.0 Å². The van der Waals surface area contributed by atoms with Gasteiger partial charge in [0.25, 0.3) is 0 Å². The van der Waals surface area contributed by atoms with Gasteiger partial charge in [0.1, 0.15) is 0 Å². The van der Waals surface area contributed by atoms with Crippen molar-refractivity contribution in [1.29, 1.82) is 0 Å². The van der Waals surface area contributed by atoms with E-state index >= 15 is 0 Å². The molecule has 0 aliphatic heterocycles. The van der Waals surface area contributed by atoms with Crippen LogP contribution < -0.4 is 5.73 Å². The third-order valence-electron chi connectivity index (χ3n) is 2.56. The van der Waals surface area contributed by atoms with Gasteiger partial charge in [-0.3, -0.25) is 0 Å². The molecule has 2 aromatic rings. The van der Waals surface area contributed by atoms with Crippen LogP contribution in [0.5, 0.6) is 0 Å². The molecule has 0 amide bonds. The average Bonchev–Trinajstić information content (AvgIpc) is 2.44. The van der Waals surface area contributed by atoms with Gasteiger partial charge in [0, 0.05) is 9.58 Å². The second-order valence-corrected chi connectivity index (χ2v) is 4.83. The lowest BCUT2D eigenvalue weighted by Gasteiger charge is -1.95. The Hall–Kier alpha value is -0.860. The van der Waals surface area contributed by atoms with Crippen LogP contribution in [-0.4, -0.2) is 6.54 Å². The van der Waals surface area contributed by atoms with E-state index in [4.69, 9.17) is 5.73 Å². The molecule has 2 N–H and O–H groups in total. The molecule has 0 unspecified atom stereocenters. The molecule has 0 saturated heterocycles. The van der Waals surface area contributed by atoms with Gasteiger partial charge >= 0.3 is 0 Å². The molecule has 0 saturated carbocycles. The Morgan fingerprint density at radius 1 is 1.29 bits per heavy atom. The van der Waals surface area contributed by atoms with E-state index in [0.717, 1.165) is 13.0 Å².